The number of urea groups is 1. The topological polar surface area (TPSA) is 103 Å². The molecule has 180 valence electrons. The fraction of sp³-hybridized carbons (Fsp3) is 0.577. The number of aromatic amines is 1. The van der Waals surface area contributed by atoms with Crippen molar-refractivity contribution >= 4 is 29.1 Å². The number of hydrogen-bond acceptors (Lipinski definition) is 3. The molecule has 4 N–H and O–H groups in total. The molecule has 0 radical (unpaired) electrons. The predicted molar refractivity (Wildman–Crippen MR) is 131 cm³/mol. The number of nitrogens with one attached hydrogen (secondary N) is 4. The summed E-state index contributed by atoms with van der Waals surface area (Å²) in [4.78, 5) is 40.5. The van der Waals surface area contributed by atoms with E-state index in [1.165, 1.54) is 32.1 Å². The van der Waals surface area contributed by atoms with E-state index in [-0.39, 0.29) is 17.9 Å². The van der Waals surface area contributed by atoms with Gasteiger partial charge in [0, 0.05) is 30.1 Å². The molecule has 1 aromatic heterocycles. The Bertz CT molecular complexity index is 919. The van der Waals surface area contributed by atoms with Crippen LogP contribution in [0.15, 0.2) is 30.5 Å². The van der Waals surface area contributed by atoms with E-state index in [9.17, 15) is 14.4 Å². The third-order valence-corrected chi connectivity index (χ3v) is 6.95. The fourth-order valence-corrected chi connectivity index (χ4v) is 4.70. The maximum atomic E-state index is 13.0. The lowest BCUT2D eigenvalue weighted by molar-refractivity contribution is -0.126. The van der Waals surface area contributed by atoms with Crippen molar-refractivity contribution in [3.63, 3.8) is 0 Å². The number of fused-ring (bicyclic) bond motifs is 1. The van der Waals surface area contributed by atoms with E-state index in [0.717, 1.165) is 35.6 Å². The van der Waals surface area contributed by atoms with Gasteiger partial charge in [0.15, 0.2) is 0 Å². The Kier molecular flexibility index (Phi) is 9.34. The first-order valence-corrected chi connectivity index (χ1v) is 12.4. The molecule has 1 heterocycles. The van der Waals surface area contributed by atoms with E-state index in [4.69, 9.17) is 0 Å². The summed E-state index contributed by atoms with van der Waals surface area (Å²) in [5.41, 5.74) is 1.96. The second-order valence-corrected chi connectivity index (χ2v) is 9.37. The van der Waals surface area contributed by atoms with Crippen molar-refractivity contribution < 1.29 is 14.4 Å². The predicted octanol–water partition coefficient (Wildman–Crippen LogP) is 4.08. The third kappa shape index (κ3) is 7.07. The molecule has 0 bridgehead atoms. The maximum Gasteiger partial charge on any atom is 0.315 e. The highest BCUT2D eigenvalue weighted by Crippen LogP contribution is 2.25. The molecule has 1 fully saturated rings. The van der Waals surface area contributed by atoms with Crippen molar-refractivity contribution in [2.24, 2.45) is 11.8 Å². The number of aromatic nitrogens is 1. The van der Waals surface area contributed by atoms with Gasteiger partial charge in [-0.1, -0.05) is 70.6 Å². The summed E-state index contributed by atoms with van der Waals surface area (Å²) >= 11 is 0. The first-order chi connectivity index (χ1) is 16.0. The summed E-state index contributed by atoms with van der Waals surface area (Å²) in [6.07, 6.45) is 11.1. The lowest BCUT2D eigenvalue weighted by atomic mass is 9.87. The van der Waals surface area contributed by atoms with Gasteiger partial charge < -0.3 is 25.7 Å². The van der Waals surface area contributed by atoms with E-state index in [1.807, 2.05) is 44.3 Å². The van der Waals surface area contributed by atoms with Gasteiger partial charge in [-0.05, 0) is 29.9 Å². The van der Waals surface area contributed by atoms with Crippen LogP contribution < -0.4 is 16.0 Å². The molecule has 1 aliphatic rings. The molecule has 3 rings (SSSR count). The van der Waals surface area contributed by atoms with E-state index >= 15 is 0 Å². The van der Waals surface area contributed by atoms with E-state index in [1.54, 1.807) is 0 Å². The smallest absolute Gasteiger partial charge is 0.315 e. The molecule has 1 saturated carbocycles. The molecule has 0 unspecified atom stereocenters. The molecule has 1 aliphatic carbocycles. The Balaban J connectivity index is 1.54. The summed E-state index contributed by atoms with van der Waals surface area (Å²) in [7, 11) is 0. The minimum Gasteiger partial charge on any atom is -0.361 e. The number of rotatable bonds is 11. The second-order valence-electron chi connectivity index (χ2n) is 9.37. The molecule has 0 saturated heterocycles. The van der Waals surface area contributed by atoms with Gasteiger partial charge in [0.05, 0.1) is 6.04 Å². The first-order valence-electron chi connectivity index (χ1n) is 12.4. The van der Waals surface area contributed by atoms with Crippen LogP contribution in [0.25, 0.3) is 10.9 Å². The zero-order chi connectivity index (χ0) is 23.6. The molecule has 3 amide bonds. The second kappa shape index (κ2) is 12.4. The van der Waals surface area contributed by atoms with E-state index < -0.39 is 12.1 Å². The van der Waals surface area contributed by atoms with Crippen LogP contribution in [0.3, 0.4) is 0 Å². The summed E-state index contributed by atoms with van der Waals surface area (Å²) < 4.78 is 0. The number of carbonyl (C=O) groups excluding carboxylic acids is 3. The van der Waals surface area contributed by atoms with Gasteiger partial charge in [-0.15, -0.1) is 0 Å². The Labute approximate surface area is 196 Å². The van der Waals surface area contributed by atoms with Gasteiger partial charge in [0.25, 0.3) is 0 Å². The largest absolute Gasteiger partial charge is 0.361 e. The maximum absolute atomic E-state index is 13.0. The minimum atomic E-state index is -0.699. The van der Waals surface area contributed by atoms with Crippen LogP contribution in [0.1, 0.15) is 64.4 Å². The summed E-state index contributed by atoms with van der Waals surface area (Å²) in [6.45, 7) is 4.53. The van der Waals surface area contributed by atoms with Crippen LogP contribution in [0.4, 0.5) is 4.79 Å². The summed E-state index contributed by atoms with van der Waals surface area (Å²) in [6, 6.07) is 6.17. The molecule has 0 spiro atoms. The van der Waals surface area contributed by atoms with Crippen molar-refractivity contribution in [1.82, 2.24) is 20.9 Å². The molecule has 0 aliphatic heterocycles. The minimum absolute atomic E-state index is 0.0607. The molecular weight excluding hydrogens is 416 g/mol. The normalized spacial score (nSPS) is 17.2. The molecule has 1 aromatic carbocycles. The number of carbonyl (C=O) groups is 3. The number of H-pyrrole nitrogens is 1. The Morgan fingerprint density at radius 3 is 2.64 bits per heavy atom. The molecule has 33 heavy (non-hydrogen) atoms. The molecule has 7 nitrogen and oxygen atoms in total. The van der Waals surface area contributed by atoms with Crippen LogP contribution in [-0.4, -0.2) is 41.8 Å². The lowest BCUT2D eigenvalue weighted by Crippen LogP contribution is -2.55. The Hall–Kier alpha value is -2.83. The monoisotopic (exact) mass is 454 g/mol. The molecule has 2 aromatic rings. The molecule has 7 heteroatoms. The van der Waals surface area contributed by atoms with Crippen LogP contribution in [0.5, 0.6) is 0 Å². The van der Waals surface area contributed by atoms with E-state index in [0.29, 0.717) is 18.9 Å². The number of amides is 3. The molecule has 3 atom stereocenters. The van der Waals surface area contributed by atoms with Crippen molar-refractivity contribution in [3.05, 3.63) is 36.0 Å². The SMILES string of the molecule is CC[C@H](C)[C@H](NC(=O)NCCC1CCCCC1)C(=O)N[C@H](C=O)Cc1c[nH]c2ccccc12. The first kappa shape index (κ1) is 24.8. The van der Waals surface area contributed by atoms with Gasteiger partial charge in [-0.2, -0.15) is 0 Å². The quantitative estimate of drug-likeness (QED) is 0.385. The fourth-order valence-electron chi connectivity index (χ4n) is 4.70. The molecular formula is C26H38N4O3. The number of aldehydes is 1. The highest BCUT2D eigenvalue weighted by atomic mass is 16.2. The highest BCUT2D eigenvalue weighted by Gasteiger charge is 2.28. The van der Waals surface area contributed by atoms with E-state index in [2.05, 4.69) is 20.9 Å². The number of benzene rings is 1. The number of hydrogen-bond donors (Lipinski definition) is 4. The average molecular weight is 455 g/mol. The van der Waals surface area contributed by atoms with Gasteiger partial charge in [-0.25, -0.2) is 4.79 Å². The lowest BCUT2D eigenvalue weighted by Gasteiger charge is -2.26. The van der Waals surface area contributed by atoms with Crippen LogP contribution in [0.2, 0.25) is 0 Å². The zero-order valence-electron chi connectivity index (χ0n) is 19.9. The van der Waals surface area contributed by atoms with Crippen molar-refractivity contribution in [3.8, 4) is 0 Å². The van der Waals surface area contributed by atoms with Gasteiger partial charge >= 0.3 is 6.03 Å². The summed E-state index contributed by atoms with van der Waals surface area (Å²) in [5.74, 6) is 0.295. The highest BCUT2D eigenvalue weighted by molar-refractivity contribution is 5.89. The zero-order valence-corrected chi connectivity index (χ0v) is 19.9. The van der Waals surface area contributed by atoms with Crippen molar-refractivity contribution in [1.29, 1.82) is 0 Å². The van der Waals surface area contributed by atoms with Crippen molar-refractivity contribution in [2.45, 2.75) is 77.3 Å². The standard InChI is InChI=1S/C26H38N4O3/c1-3-18(2)24(30-26(33)27-14-13-19-9-5-4-6-10-19)25(32)29-21(17-31)15-20-16-28-23-12-8-7-11-22(20)23/h7-8,11-12,16-19,21,24,28H,3-6,9-10,13-15H2,1-2H3,(H,29,32)(H2,27,30,33)/t18-,21-,24-/m0/s1. The van der Waals surface area contributed by atoms with Crippen LogP contribution >= 0.6 is 0 Å². The Morgan fingerprint density at radius 2 is 1.91 bits per heavy atom. The summed E-state index contributed by atoms with van der Waals surface area (Å²) in [5, 5.41) is 9.62. The Morgan fingerprint density at radius 1 is 1.15 bits per heavy atom. The third-order valence-electron chi connectivity index (χ3n) is 6.95. The van der Waals surface area contributed by atoms with Crippen LogP contribution in [-0.2, 0) is 16.0 Å². The average Bonchev–Trinajstić information content (AvgIpc) is 3.25. The van der Waals surface area contributed by atoms with Gasteiger partial charge in [0.1, 0.15) is 12.3 Å². The van der Waals surface area contributed by atoms with Crippen LogP contribution in [0, 0.1) is 11.8 Å². The van der Waals surface area contributed by atoms with Gasteiger partial charge in [0.2, 0.25) is 5.91 Å². The number of para-hydroxylation sites is 1. The van der Waals surface area contributed by atoms with Gasteiger partial charge in [-0.3, -0.25) is 4.79 Å². The van der Waals surface area contributed by atoms with Crippen molar-refractivity contribution in [2.75, 3.05) is 6.54 Å².